The molecule has 0 N–H and O–H groups in total. The van der Waals surface area contributed by atoms with E-state index in [1.54, 1.807) is 0 Å². The van der Waals surface area contributed by atoms with E-state index in [1.165, 1.54) is 28.7 Å². The van der Waals surface area contributed by atoms with Crippen LogP contribution in [0.2, 0.25) is 0 Å². The van der Waals surface area contributed by atoms with Gasteiger partial charge in [-0.25, -0.2) is 0 Å². The summed E-state index contributed by atoms with van der Waals surface area (Å²) in [7, 11) is 0. The van der Waals surface area contributed by atoms with Gasteiger partial charge in [-0.2, -0.15) is 0 Å². The molecule has 0 radical (unpaired) electrons. The highest BCUT2D eigenvalue weighted by Crippen LogP contribution is 2.27. The van der Waals surface area contributed by atoms with Crippen molar-refractivity contribution >= 4 is 5.57 Å². The van der Waals surface area contributed by atoms with Gasteiger partial charge in [0.15, 0.2) is 0 Å². The summed E-state index contributed by atoms with van der Waals surface area (Å²) in [4.78, 5) is 0. The van der Waals surface area contributed by atoms with Crippen LogP contribution in [0.15, 0.2) is 24.8 Å². The summed E-state index contributed by atoms with van der Waals surface area (Å²) in [6.07, 6.45) is 2.36. The molecular formula is C19H34. The monoisotopic (exact) mass is 262 g/mol. The van der Waals surface area contributed by atoms with Gasteiger partial charge in [-0.15, -0.1) is 0 Å². The van der Waals surface area contributed by atoms with Crippen LogP contribution in [0.3, 0.4) is 0 Å². The molecule has 0 nitrogen and oxygen atoms in total. The van der Waals surface area contributed by atoms with Crippen molar-refractivity contribution in [2.75, 3.05) is 0 Å². The Morgan fingerprint density at radius 3 is 2.00 bits per heavy atom. The Balaban J connectivity index is 0. The van der Waals surface area contributed by atoms with Crippen molar-refractivity contribution in [3.8, 4) is 0 Å². The molecule has 0 fully saturated rings. The van der Waals surface area contributed by atoms with Crippen molar-refractivity contribution in [1.82, 2.24) is 0 Å². The van der Waals surface area contributed by atoms with Crippen molar-refractivity contribution < 1.29 is 0 Å². The third-order valence-corrected chi connectivity index (χ3v) is 2.79. The molecule has 0 aliphatic heterocycles. The fourth-order valence-electron chi connectivity index (χ4n) is 2.07. The number of benzene rings is 1. The summed E-state index contributed by atoms with van der Waals surface area (Å²) in [6, 6.07) is 6.60. The Labute approximate surface area is 121 Å². The molecule has 0 saturated carbocycles. The summed E-state index contributed by atoms with van der Waals surface area (Å²) in [5.74, 6) is 0.603. The molecule has 0 amide bonds. The Hall–Kier alpha value is -1.04. The van der Waals surface area contributed by atoms with E-state index in [0.29, 0.717) is 5.92 Å². The van der Waals surface area contributed by atoms with Crippen LogP contribution in [0.5, 0.6) is 0 Å². The first-order chi connectivity index (χ1) is 9.07. The second-order valence-corrected chi connectivity index (χ2v) is 4.56. The molecule has 0 spiro atoms. The third kappa shape index (κ3) is 6.61. The van der Waals surface area contributed by atoms with Crippen molar-refractivity contribution in [3.63, 3.8) is 0 Å². The molecule has 0 saturated heterocycles. The first kappa shape index (κ1) is 20.3. The maximum atomic E-state index is 4.07. The Kier molecular flexibility index (Phi) is 12.8. The molecule has 0 bridgehead atoms. The maximum absolute atomic E-state index is 4.07. The fourth-order valence-corrected chi connectivity index (χ4v) is 2.07. The zero-order valence-corrected chi connectivity index (χ0v) is 14.4. The molecule has 0 aliphatic carbocycles. The lowest BCUT2D eigenvalue weighted by atomic mass is 9.88. The molecule has 0 heteroatoms. The topological polar surface area (TPSA) is 0 Å². The van der Waals surface area contributed by atoms with Crippen LogP contribution in [0.1, 0.15) is 84.4 Å². The van der Waals surface area contributed by atoms with Gasteiger partial charge in [-0.3, -0.25) is 0 Å². The molecule has 0 unspecified atom stereocenters. The van der Waals surface area contributed by atoms with E-state index in [4.69, 9.17) is 0 Å². The first-order valence-corrected chi connectivity index (χ1v) is 7.85. The van der Waals surface area contributed by atoms with E-state index in [2.05, 4.69) is 52.5 Å². The van der Waals surface area contributed by atoms with E-state index >= 15 is 0 Å². The first-order valence-electron chi connectivity index (χ1n) is 7.85. The van der Waals surface area contributed by atoms with E-state index in [1.807, 2.05) is 27.7 Å². The molecule has 1 aromatic rings. The van der Waals surface area contributed by atoms with Crippen LogP contribution in [0.25, 0.3) is 5.57 Å². The van der Waals surface area contributed by atoms with Gasteiger partial charge in [-0.1, -0.05) is 85.2 Å². The summed E-state index contributed by atoms with van der Waals surface area (Å²) in [6.45, 7) is 20.9. The number of hydrogen-bond acceptors (Lipinski definition) is 0. The van der Waals surface area contributed by atoms with Gasteiger partial charge in [0.1, 0.15) is 0 Å². The minimum absolute atomic E-state index is 0.603. The highest BCUT2D eigenvalue weighted by Gasteiger charge is 2.10. The second kappa shape index (κ2) is 12.0. The van der Waals surface area contributed by atoms with Crippen molar-refractivity contribution in [3.05, 3.63) is 41.5 Å². The highest BCUT2D eigenvalue weighted by atomic mass is 14.1. The lowest BCUT2D eigenvalue weighted by molar-refractivity contribution is 0.818. The minimum atomic E-state index is 0.603. The molecule has 110 valence electrons. The average Bonchev–Trinajstić information content (AvgIpc) is 2.43. The lowest BCUT2D eigenvalue weighted by Gasteiger charge is -2.16. The van der Waals surface area contributed by atoms with Gasteiger partial charge in [0, 0.05) is 0 Å². The van der Waals surface area contributed by atoms with Crippen LogP contribution < -0.4 is 0 Å². The molecule has 1 rings (SSSR count). The number of hydrogen-bond donors (Lipinski definition) is 0. The van der Waals surface area contributed by atoms with E-state index in [-0.39, 0.29) is 0 Å². The van der Waals surface area contributed by atoms with E-state index in [0.717, 1.165) is 6.42 Å². The summed E-state index contributed by atoms with van der Waals surface area (Å²) in [5.41, 5.74) is 5.52. The second-order valence-electron chi connectivity index (χ2n) is 4.56. The summed E-state index contributed by atoms with van der Waals surface area (Å²) in [5, 5.41) is 0. The summed E-state index contributed by atoms with van der Waals surface area (Å²) >= 11 is 0. The maximum Gasteiger partial charge on any atom is -0.0198 e. The SMILES string of the molecule is C=C(C)c1cccc(C(C)C)c1CCC.CC.CC. The molecular weight excluding hydrogens is 228 g/mol. The smallest absolute Gasteiger partial charge is 0.0198 e. The van der Waals surface area contributed by atoms with Crippen molar-refractivity contribution in [2.24, 2.45) is 0 Å². The van der Waals surface area contributed by atoms with Crippen LogP contribution in [0.4, 0.5) is 0 Å². The largest absolute Gasteiger partial charge is 0.0955 e. The molecule has 0 aliphatic rings. The zero-order valence-electron chi connectivity index (χ0n) is 14.4. The van der Waals surface area contributed by atoms with Gasteiger partial charge < -0.3 is 0 Å². The molecule has 0 atom stereocenters. The Morgan fingerprint density at radius 1 is 1.11 bits per heavy atom. The Bertz CT molecular complexity index is 345. The fraction of sp³-hybridized carbons (Fsp3) is 0.579. The standard InChI is InChI=1S/C15H22.2C2H6/c1-6-8-15-13(11(2)3)9-7-10-14(15)12(4)5;2*1-2/h7,9-10,12H,2,6,8H2,1,3-5H3;2*1-2H3. The van der Waals surface area contributed by atoms with Crippen LogP contribution in [0, 0.1) is 0 Å². The van der Waals surface area contributed by atoms with Gasteiger partial charge in [0.2, 0.25) is 0 Å². The van der Waals surface area contributed by atoms with Crippen LogP contribution in [-0.4, -0.2) is 0 Å². The van der Waals surface area contributed by atoms with Crippen molar-refractivity contribution in [1.29, 1.82) is 0 Å². The highest BCUT2D eigenvalue weighted by molar-refractivity contribution is 5.66. The number of rotatable bonds is 4. The quantitative estimate of drug-likeness (QED) is 0.556. The Morgan fingerprint density at radius 2 is 1.63 bits per heavy atom. The number of allylic oxidation sites excluding steroid dienone is 1. The normalized spacial score (nSPS) is 9.11. The predicted molar refractivity (Wildman–Crippen MR) is 91.9 cm³/mol. The van der Waals surface area contributed by atoms with Crippen molar-refractivity contribution in [2.45, 2.75) is 74.1 Å². The lowest BCUT2D eigenvalue weighted by Crippen LogP contribution is -2.00. The average molecular weight is 262 g/mol. The van der Waals surface area contributed by atoms with Gasteiger partial charge in [0.05, 0.1) is 0 Å². The summed E-state index contributed by atoms with van der Waals surface area (Å²) < 4.78 is 0. The molecule has 1 aromatic carbocycles. The third-order valence-electron chi connectivity index (χ3n) is 2.79. The molecule has 0 heterocycles. The van der Waals surface area contributed by atoms with E-state index < -0.39 is 0 Å². The predicted octanol–water partition coefficient (Wildman–Crippen LogP) is 6.85. The van der Waals surface area contributed by atoms with Gasteiger partial charge >= 0.3 is 0 Å². The van der Waals surface area contributed by atoms with Crippen LogP contribution >= 0.6 is 0 Å². The molecule has 0 aromatic heterocycles. The minimum Gasteiger partial charge on any atom is -0.0955 e. The van der Waals surface area contributed by atoms with Crippen LogP contribution in [-0.2, 0) is 6.42 Å². The zero-order chi connectivity index (χ0) is 15.4. The van der Waals surface area contributed by atoms with Gasteiger partial charge in [0.25, 0.3) is 0 Å². The van der Waals surface area contributed by atoms with E-state index in [9.17, 15) is 0 Å². The molecule has 19 heavy (non-hydrogen) atoms. The van der Waals surface area contributed by atoms with Gasteiger partial charge in [-0.05, 0) is 36.0 Å².